The molecule has 3 rings (SSSR count). The highest BCUT2D eigenvalue weighted by molar-refractivity contribution is 6.08. The minimum Gasteiger partial charge on any atom is -0.344 e. The number of fused-ring (bicyclic) bond motifs is 3. The molecule has 0 saturated carbocycles. The Morgan fingerprint density at radius 2 is 1.28 bits per heavy atom. The van der Waals surface area contributed by atoms with Gasteiger partial charge in [-0.25, -0.2) is 0 Å². The van der Waals surface area contributed by atoms with Crippen LogP contribution < -0.4 is 0 Å². The zero-order valence-corrected chi connectivity index (χ0v) is 10.1. The average Bonchev–Trinajstić information content (AvgIpc) is 2.71. The molecular formula is C17H11N. The molecule has 0 spiro atoms. The van der Waals surface area contributed by atoms with Crippen molar-refractivity contribution in [2.45, 2.75) is 0 Å². The van der Waals surface area contributed by atoms with Crippen molar-refractivity contribution in [1.82, 2.24) is 4.57 Å². The molecule has 0 fully saturated rings. The minimum atomic E-state index is 0.890. The number of terminal acetylenes is 2. The standard InChI is InChI=1S/C17H11N/c1-4-12-6-8-16-14(10-12)15-11-13(5-2)7-9-17(15)18(16)3/h1-2,6-11H,3H3. The van der Waals surface area contributed by atoms with Gasteiger partial charge in [-0.2, -0.15) is 0 Å². The van der Waals surface area contributed by atoms with E-state index in [-0.39, 0.29) is 0 Å². The monoisotopic (exact) mass is 229 g/mol. The molecule has 1 nitrogen and oxygen atoms in total. The van der Waals surface area contributed by atoms with Crippen molar-refractivity contribution in [3.05, 3.63) is 47.5 Å². The van der Waals surface area contributed by atoms with E-state index < -0.39 is 0 Å². The molecule has 0 unspecified atom stereocenters. The molecule has 1 heterocycles. The highest BCUT2D eigenvalue weighted by Crippen LogP contribution is 2.29. The lowest BCUT2D eigenvalue weighted by Gasteiger charge is -1.97. The second-order valence-electron chi connectivity index (χ2n) is 4.31. The van der Waals surface area contributed by atoms with Crippen LogP contribution >= 0.6 is 0 Å². The van der Waals surface area contributed by atoms with Crippen molar-refractivity contribution in [3.8, 4) is 24.7 Å². The van der Waals surface area contributed by atoms with Crippen LogP contribution in [0.25, 0.3) is 21.8 Å². The highest BCUT2D eigenvalue weighted by Gasteiger charge is 2.08. The molecule has 0 aliphatic rings. The topological polar surface area (TPSA) is 4.93 Å². The molecule has 1 heteroatoms. The van der Waals surface area contributed by atoms with Crippen molar-refractivity contribution < 1.29 is 0 Å². The molecule has 18 heavy (non-hydrogen) atoms. The average molecular weight is 229 g/mol. The van der Waals surface area contributed by atoms with E-state index in [0.717, 1.165) is 32.9 Å². The Morgan fingerprint density at radius 1 is 0.833 bits per heavy atom. The minimum absolute atomic E-state index is 0.890. The van der Waals surface area contributed by atoms with Crippen molar-refractivity contribution in [3.63, 3.8) is 0 Å². The first-order valence-corrected chi connectivity index (χ1v) is 5.70. The maximum Gasteiger partial charge on any atom is 0.0489 e. The van der Waals surface area contributed by atoms with Gasteiger partial charge in [-0.1, -0.05) is 11.8 Å². The molecule has 1 aromatic heterocycles. The lowest BCUT2D eigenvalue weighted by molar-refractivity contribution is 1.01. The fraction of sp³-hybridized carbons (Fsp3) is 0.0588. The number of rotatable bonds is 0. The molecule has 2 aromatic carbocycles. The maximum atomic E-state index is 5.46. The van der Waals surface area contributed by atoms with E-state index in [1.807, 2.05) is 24.3 Å². The smallest absolute Gasteiger partial charge is 0.0489 e. The maximum absolute atomic E-state index is 5.46. The largest absolute Gasteiger partial charge is 0.344 e. The molecule has 0 aliphatic heterocycles. The molecule has 3 aromatic rings. The highest BCUT2D eigenvalue weighted by atomic mass is 14.9. The van der Waals surface area contributed by atoms with Crippen LogP contribution in [0.4, 0.5) is 0 Å². The van der Waals surface area contributed by atoms with Gasteiger partial charge in [0.15, 0.2) is 0 Å². The summed E-state index contributed by atoms with van der Waals surface area (Å²) < 4.78 is 2.16. The van der Waals surface area contributed by atoms with Gasteiger partial charge in [-0.3, -0.25) is 0 Å². The number of aryl methyl sites for hydroxylation is 1. The van der Waals surface area contributed by atoms with Gasteiger partial charge in [0, 0.05) is 40.0 Å². The van der Waals surface area contributed by atoms with Gasteiger partial charge < -0.3 is 4.57 Å². The third-order valence-corrected chi connectivity index (χ3v) is 3.34. The van der Waals surface area contributed by atoms with E-state index >= 15 is 0 Å². The number of hydrogen-bond donors (Lipinski definition) is 0. The summed E-state index contributed by atoms with van der Waals surface area (Å²) in [6, 6.07) is 12.1. The van der Waals surface area contributed by atoms with E-state index in [0.29, 0.717) is 0 Å². The molecule has 0 aliphatic carbocycles. The van der Waals surface area contributed by atoms with Crippen molar-refractivity contribution in [2.75, 3.05) is 0 Å². The fourth-order valence-electron chi connectivity index (χ4n) is 2.40. The van der Waals surface area contributed by atoms with Crippen LogP contribution in [0.2, 0.25) is 0 Å². The van der Waals surface area contributed by atoms with Crippen LogP contribution in [0.1, 0.15) is 11.1 Å². The van der Waals surface area contributed by atoms with E-state index in [1.54, 1.807) is 0 Å². The first kappa shape index (κ1) is 10.5. The van der Waals surface area contributed by atoms with Gasteiger partial charge in [0.05, 0.1) is 0 Å². The van der Waals surface area contributed by atoms with Gasteiger partial charge >= 0.3 is 0 Å². The zero-order chi connectivity index (χ0) is 12.7. The van der Waals surface area contributed by atoms with Crippen molar-refractivity contribution in [2.24, 2.45) is 7.05 Å². The Kier molecular flexibility index (Phi) is 2.15. The SMILES string of the molecule is C#Cc1ccc2c(c1)c1cc(C#C)ccc1n2C. The van der Waals surface area contributed by atoms with Crippen LogP contribution in [-0.2, 0) is 7.05 Å². The summed E-state index contributed by atoms with van der Waals surface area (Å²) in [5, 5.41) is 2.31. The number of nitrogens with zero attached hydrogens (tertiary/aromatic N) is 1. The molecule has 0 radical (unpaired) electrons. The Morgan fingerprint density at radius 3 is 1.67 bits per heavy atom. The number of hydrogen-bond acceptors (Lipinski definition) is 0. The molecular weight excluding hydrogens is 218 g/mol. The summed E-state index contributed by atoms with van der Waals surface area (Å²) in [5.74, 6) is 5.34. The Hall–Kier alpha value is -2.64. The van der Waals surface area contributed by atoms with Gasteiger partial charge in [-0.05, 0) is 36.4 Å². The summed E-state index contributed by atoms with van der Waals surface area (Å²) >= 11 is 0. The van der Waals surface area contributed by atoms with Gasteiger partial charge in [-0.15, -0.1) is 12.8 Å². The quantitative estimate of drug-likeness (QED) is 0.521. The van der Waals surface area contributed by atoms with E-state index in [2.05, 4.69) is 35.6 Å². The van der Waals surface area contributed by atoms with E-state index in [4.69, 9.17) is 12.8 Å². The number of aromatic nitrogens is 1. The second-order valence-corrected chi connectivity index (χ2v) is 4.31. The zero-order valence-electron chi connectivity index (χ0n) is 10.1. The molecule has 0 saturated heterocycles. The van der Waals surface area contributed by atoms with E-state index in [1.165, 1.54) is 0 Å². The fourth-order valence-corrected chi connectivity index (χ4v) is 2.40. The Bertz CT molecular complexity index is 780. The van der Waals surface area contributed by atoms with Crippen LogP contribution in [-0.4, -0.2) is 4.57 Å². The van der Waals surface area contributed by atoms with Gasteiger partial charge in [0.1, 0.15) is 0 Å². The van der Waals surface area contributed by atoms with Crippen LogP contribution in [0.5, 0.6) is 0 Å². The van der Waals surface area contributed by atoms with Crippen LogP contribution in [0, 0.1) is 24.7 Å². The summed E-state index contributed by atoms with van der Waals surface area (Å²) in [6.45, 7) is 0. The Balaban J connectivity index is 2.54. The molecule has 0 bridgehead atoms. The first-order valence-electron chi connectivity index (χ1n) is 5.70. The predicted octanol–water partition coefficient (Wildman–Crippen LogP) is 3.29. The van der Waals surface area contributed by atoms with Crippen molar-refractivity contribution in [1.29, 1.82) is 0 Å². The summed E-state index contributed by atoms with van der Waals surface area (Å²) in [4.78, 5) is 0. The lowest BCUT2D eigenvalue weighted by Crippen LogP contribution is -1.86. The summed E-state index contributed by atoms with van der Waals surface area (Å²) in [5.41, 5.74) is 4.11. The normalized spacial score (nSPS) is 10.4. The summed E-state index contributed by atoms with van der Waals surface area (Å²) in [7, 11) is 2.05. The molecule has 0 atom stereocenters. The molecule has 84 valence electrons. The molecule has 0 N–H and O–H groups in total. The van der Waals surface area contributed by atoms with Crippen LogP contribution in [0.15, 0.2) is 36.4 Å². The second kappa shape index (κ2) is 3.69. The third kappa shape index (κ3) is 1.32. The lowest BCUT2D eigenvalue weighted by atomic mass is 10.1. The van der Waals surface area contributed by atoms with Crippen molar-refractivity contribution >= 4 is 21.8 Å². The summed E-state index contributed by atoms with van der Waals surface area (Å²) in [6.07, 6.45) is 10.9. The number of benzene rings is 2. The Labute approximate surface area is 106 Å². The van der Waals surface area contributed by atoms with Gasteiger partial charge in [0.25, 0.3) is 0 Å². The van der Waals surface area contributed by atoms with Crippen LogP contribution in [0.3, 0.4) is 0 Å². The van der Waals surface area contributed by atoms with Gasteiger partial charge in [0.2, 0.25) is 0 Å². The molecule has 0 amide bonds. The predicted molar refractivity (Wildman–Crippen MR) is 76.3 cm³/mol. The first-order chi connectivity index (χ1) is 8.74. The third-order valence-electron chi connectivity index (χ3n) is 3.34. The van der Waals surface area contributed by atoms with E-state index in [9.17, 15) is 0 Å².